The molecule has 1 aliphatic heterocycles. The molecule has 1 N–H and O–H groups in total. The second-order valence-corrected chi connectivity index (χ2v) is 6.02. The van der Waals surface area contributed by atoms with Crippen molar-refractivity contribution >= 4 is 0 Å². The fourth-order valence-electron chi connectivity index (χ4n) is 3.28. The zero-order valence-corrected chi connectivity index (χ0v) is 15.1. The first-order valence-electron chi connectivity index (χ1n) is 9.08. The highest BCUT2D eigenvalue weighted by molar-refractivity contribution is 5.45. The molecule has 1 unspecified atom stereocenters. The number of aromatic nitrogens is 1. The van der Waals surface area contributed by atoms with Crippen LogP contribution in [0, 0.1) is 0 Å². The summed E-state index contributed by atoms with van der Waals surface area (Å²) in [5.74, 6) is 1.60. The van der Waals surface area contributed by atoms with Gasteiger partial charge < -0.3 is 14.8 Å². The maximum absolute atomic E-state index is 5.83. The number of hydrogen-bond donors (Lipinski definition) is 1. The van der Waals surface area contributed by atoms with E-state index in [-0.39, 0.29) is 6.04 Å². The molecular weight excluding hydrogens is 314 g/mol. The molecule has 1 aromatic carbocycles. The van der Waals surface area contributed by atoms with Gasteiger partial charge in [0.15, 0.2) is 11.5 Å². The van der Waals surface area contributed by atoms with Gasteiger partial charge in [-0.3, -0.25) is 9.88 Å². The lowest BCUT2D eigenvalue weighted by Crippen LogP contribution is -2.45. The summed E-state index contributed by atoms with van der Waals surface area (Å²) in [6, 6.07) is 12.5. The lowest BCUT2D eigenvalue weighted by molar-refractivity contribution is 0.195. The van der Waals surface area contributed by atoms with Crippen LogP contribution in [0.2, 0.25) is 0 Å². The Labute approximate surface area is 150 Å². The Morgan fingerprint density at radius 2 is 1.80 bits per heavy atom. The molecule has 1 atom stereocenters. The lowest BCUT2D eigenvalue weighted by atomic mass is 10.00. The van der Waals surface area contributed by atoms with Crippen LogP contribution in [0.3, 0.4) is 0 Å². The average molecular weight is 341 g/mol. The van der Waals surface area contributed by atoms with Crippen LogP contribution in [0.5, 0.6) is 11.5 Å². The van der Waals surface area contributed by atoms with Crippen molar-refractivity contribution in [1.29, 1.82) is 0 Å². The fraction of sp³-hybridized carbons (Fsp3) is 0.450. The van der Waals surface area contributed by atoms with Gasteiger partial charge >= 0.3 is 0 Å². The number of nitrogens with zero attached hydrogens (tertiary/aromatic N) is 2. The smallest absolute Gasteiger partial charge is 0.161 e. The third kappa shape index (κ3) is 4.30. The number of ether oxygens (including phenoxy) is 2. The number of pyridine rings is 1. The third-order valence-corrected chi connectivity index (χ3v) is 4.37. The quantitative estimate of drug-likeness (QED) is 0.839. The first kappa shape index (κ1) is 17.7. The summed E-state index contributed by atoms with van der Waals surface area (Å²) in [5.41, 5.74) is 2.25. The van der Waals surface area contributed by atoms with Gasteiger partial charge in [-0.1, -0.05) is 12.1 Å². The molecule has 5 heteroatoms. The largest absolute Gasteiger partial charge is 0.490 e. The maximum atomic E-state index is 5.83. The number of piperazine rings is 1. The molecule has 25 heavy (non-hydrogen) atoms. The number of hydrogen-bond acceptors (Lipinski definition) is 5. The van der Waals surface area contributed by atoms with Crippen molar-refractivity contribution < 1.29 is 9.47 Å². The number of rotatable bonds is 7. The van der Waals surface area contributed by atoms with Crippen LogP contribution in [0.25, 0.3) is 0 Å². The fourth-order valence-corrected chi connectivity index (χ4v) is 3.28. The zero-order chi connectivity index (χ0) is 17.5. The van der Waals surface area contributed by atoms with Gasteiger partial charge in [0.05, 0.1) is 24.9 Å². The van der Waals surface area contributed by atoms with E-state index in [2.05, 4.69) is 39.5 Å². The van der Waals surface area contributed by atoms with Crippen molar-refractivity contribution in [2.45, 2.75) is 19.9 Å². The zero-order valence-electron chi connectivity index (χ0n) is 15.1. The minimum absolute atomic E-state index is 0.123. The van der Waals surface area contributed by atoms with Crippen molar-refractivity contribution in [3.05, 3.63) is 53.9 Å². The van der Waals surface area contributed by atoms with E-state index in [1.165, 1.54) is 5.56 Å². The Bertz CT molecular complexity index is 657. The molecule has 0 spiro atoms. The summed E-state index contributed by atoms with van der Waals surface area (Å²) >= 11 is 0. The summed E-state index contributed by atoms with van der Waals surface area (Å²) in [7, 11) is 0. The van der Waals surface area contributed by atoms with Crippen molar-refractivity contribution in [1.82, 2.24) is 15.2 Å². The SMILES string of the molecule is CCOc1ccc(C(c2ccccn2)N2CCNCC2)cc1OCC. The molecule has 0 saturated carbocycles. The van der Waals surface area contributed by atoms with Crippen LogP contribution in [0.1, 0.15) is 31.1 Å². The molecule has 2 heterocycles. The Balaban J connectivity index is 1.98. The Morgan fingerprint density at radius 3 is 2.48 bits per heavy atom. The summed E-state index contributed by atoms with van der Waals surface area (Å²) in [6.07, 6.45) is 1.86. The van der Waals surface area contributed by atoms with Crippen molar-refractivity contribution in [2.24, 2.45) is 0 Å². The molecule has 1 fully saturated rings. The molecular formula is C20H27N3O2. The van der Waals surface area contributed by atoms with E-state index in [1.54, 1.807) is 0 Å². The predicted octanol–water partition coefficient (Wildman–Crippen LogP) is 2.87. The molecule has 0 amide bonds. The predicted molar refractivity (Wildman–Crippen MR) is 99.3 cm³/mol. The van der Waals surface area contributed by atoms with E-state index in [0.29, 0.717) is 13.2 Å². The summed E-state index contributed by atoms with van der Waals surface area (Å²) in [4.78, 5) is 7.11. The van der Waals surface area contributed by atoms with Crippen molar-refractivity contribution in [3.63, 3.8) is 0 Å². The van der Waals surface area contributed by atoms with Gasteiger partial charge in [-0.25, -0.2) is 0 Å². The average Bonchev–Trinajstić information content (AvgIpc) is 2.66. The Morgan fingerprint density at radius 1 is 1.04 bits per heavy atom. The minimum atomic E-state index is 0.123. The van der Waals surface area contributed by atoms with Gasteiger partial charge in [0, 0.05) is 32.4 Å². The molecule has 5 nitrogen and oxygen atoms in total. The highest BCUT2D eigenvalue weighted by Crippen LogP contribution is 2.35. The normalized spacial score (nSPS) is 16.4. The highest BCUT2D eigenvalue weighted by Gasteiger charge is 2.25. The van der Waals surface area contributed by atoms with Gasteiger partial charge in [-0.15, -0.1) is 0 Å². The molecule has 134 valence electrons. The van der Waals surface area contributed by atoms with E-state index in [4.69, 9.17) is 9.47 Å². The van der Waals surface area contributed by atoms with Crippen LogP contribution < -0.4 is 14.8 Å². The van der Waals surface area contributed by atoms with Crippen LogP contribution in [-0.2, 0) is 0 Å². The Kier molecular flexibility index (Phi) is 6.25. The first-order chi connectivity index (χ1) is 12.3. The second kappa shape index (κ2) is 8.83. The molecule has 2 aromatic rings. The highest BCUT2D eigenvalue weighted by atomic mass is 16.5. The lowest BCUT2D eigenvalue weighted by Gasteiger charge is -2.35. The van der Waals surface area contributed by atoms with E-state index < -0.39 is 0 Å². The Hall–Kier alpha value is -2.11. The van der Waals surface area contributed by atoms with Gasteiger partial charge in [-0.2, -0.15) is 0 Å². The molecule has 0 radical (unpaired) electrons. The van der Waals surface area contributed by atoms with Gasteiger partial charge in [-0.05, 0) is 43.7 Å². The van der Waals surface area contributed by atoms with Crippen LogP contribution in [0.15, 0.2) is 42.6 Å². The van der Waals surface area contributed by atoms with E-state index in [9.17, 15) is 0 Å². The first-order valence-corrected chi connectivity index (χ1v) is 9.08. The summed E-state index contributed by atoms with van der Waals surface area (Å²) in [6.45, 7) is 9.22. The molecule has 1 aromatic heterocycles. The van der Waals surface area contributed by atoms with Crippen LogP contribution in [0.4, 0.5) is 0 Å². The molecule has 0 bridgehead atoms. The van der Waals surface area contributed by atoms with E-state index in [1.807, 2.05) is 32.2 Å². The molecule has 1 saturated heterocycles. The van der Waals surface area contributed by atoms with Crippen LogP contribution >= 0.6 is 0 Å². The van der Waals surface area contributed by atoms with E-state index >= 15 is 0 Å². The maximum Gasteiger partial charge on any atom is 0.161 e. The summed E-state index contributed by atoms with van der Waals surface area (Å²) in [5, 5.41) is 3.42. The molecule has 3 rings (SSSR count). The molecule has 0 aliphatic carbocycles. The van der Waals surface area contributed by atoms with Crippen LogP contribution in [-0.4, -0.2) is 49.3 Å². The van der Waals surface area contributed by atoms with Gasteiger partial charge in [0.1, 0.15) is 0 Å². The van der Waals surface area contributed by atoms with Gasteiger partial charge in [0.25, 0.3) is 0 Å². The minimum Gasteiger partial charge on any atom is -0.490 e. The number of benzene rings is 1. The molecule has 1 aliphatic rings. The standard InChI is InChI=1S/C20H27N3O2/c1-3-24-18-9-8-16(15-19(18)25-4-2)20(17-7-5-6-10-22-17)23-13-11-21-12-14-23/h5-10,15,20-21H,3-4,11-14H2,1-2H3. The number of nitrogens with one attached hydrogen (secondary N) is 1. The monoisotopic (exact) mass is 341 g/mol. The summed E-state index contributed by atoms with van der Waals surface area (Å²) < 4.78 is 11.5. The third-order valence-electron chi connectivity index (χ3n) is 4.37. The van der Waals surface area contributed by atoms with Gasteiger partial charge in [0.2, 0.25) is 0 Å². The van der Waals surface area contributed by atoms with E-state index in [0.717, 1.165) is 43.4 Å². The second-order valence-electron chi connectivity index (χ2n) is 6.02. The van der Waals surface area contributed by atoms with Crippen molar-refractivity contribution in [2.75, 3.05) is 39.4 Å². The topological polar surface area (TPSA) is 46.6 Å². The van der Waals surface area contributed by atoms with Crippen molar-refractivity contribution in [3.8, 4) is 11.5 Å².